The molecule has 0 amide bonds. The highest BCUT2D eigenvalue weighted by molar-refractivity contribution is 7.18. The van der Waals surface area contributed by atoms with Crippen LogP contribution >= 0.6 is 11.3 Å². The summed E-state index contributed by atoms with van der Waals surface area (Å²) in [5.41, 5.74) is 1.05. The zero-order valence-corrected chi connectivity index (χ0v) is 16.2. The van der Waals surface area contributed by atoms with Gasteiger partial charge in [-0.05, 0) is 24.5 Å². The molecule has 0 bridgehead atoms. The number of fused-ring (bicyclic) bond motifs is 1. The molecule has 3 heterocycles. The van der Waals surface area contributed by atoms with Crippen LogP contribution in [0, 0.1) is 0 Å². The lowest BCUT2D eigenvalue weighted by Crippen LogP contribution is -2.15. The summed E-state index contributed by atoms with van der Waals surface area (Å²) in [6.45, 7) is 4.24. The molecule has 0 aliphatic heterocycles. The van der Waals surface area contributed by atoms with Crippen molar-refractivity contribution in [3.05, 3.63) is 64.9 Å². The average molecular weight is 379 g/mol. The lowest BCUT2D eigenvalue weighted by Gasteiger charge is -2.16. The van der Waals surface area contributed by atoms with Crippen LogP contribution in [-0.2, 0) is 12.8 Å². The van der Waals surface area contributed by atoms with Crippen LogP contribution in [0.25, 0.3) is 10.2 Å². The van der Waals surface area contributed by atoms with Crippen molar-refractivity contribution in [3.8, 4) is 0 Å². The molecule has 0 aliphatic carbocycles. The molecule has 0 saturated carbocycles. The number of thiophene rings is 1. The van der Waals surface area contributed by atoms with Gasteiger partial charge < -0.3 is 9.84 Å². The first-order valence-electron chi connectivity index (χ1n) is 9.15. The van der Waals surface area contributed by atoms with E-state index in [0.717, 1.165) is 40.9 Å². The lowest BCUT2D eigenvalue weighted by atomic mass is 10.1. The molecule has 7 heteroatoms. The normalized spacial score (nSPS) is 12.4. The van der Waals surface area contributed by atoms with Crippen molar-refractivity contribution < 1.29 is 4.52 Å². The highest BCUT2D eigenvalue weighted by Gasteiger charge is 2.22. The molecule has 3 aromatic heterocycles. The number of nitrogens with zero attached hydrogens (tertiary/aromatic N) is 4. The van der Waals surface area contributed by atoms with Gasteiger partial charge in [0.05, 0.1) is 5.39 Å². The fraction of sp³-hybridized carbons (Fsp3) is 0.300. The van der Waals surface area contributed by atoms with Crippen molar-refractivity contribution in [2.24, 2.45) is 0 Å². The molecule has 0 fully saturated rings. The lowest BCUT2D eigenvalue weighted by molar-refractivity contribution is 0.371. The molecule has 27 heavy (non-hydrogen) atoms. The Hall–Kier alpha value is -2.80. The molecule has 1 N–H and O–H groups in total. The average Bonchev–Trinajstić information content (AvgIpc) is 3.34. The zero-order valence-electron chi connectivity index (χ0n) is 15.3. The van der Waals surface area contributed by atoms with Crippen molar-refractivity contribution >= 4 is 27.4 Å². The fourth-order valence-corrected chi connectivity index (χ4v) is 3.91. The monoisotopic (exact) mass is 379 g/mol. The molecule has 6 nitrogen and oxygen atoms in total. The summed E-state index contributed by atoms with van der Waals surface area (Å²) < 4.78 is 5.42. The molecule has 0 spiro atoms. The molecule has 0 aliphatic rings. The van der Waals surface area contributed by atoms with Gasteiger partial charge in [-0.15, -0.1) is 11.3 Å². The van der Waals surface area contributed by atoms with E-state index in [4.69, 9.17) is 4.52 Å². The maximum absolute atomic E-state index is 5.42. The second kappa shape index (κ2) is 7.84. The molecule has 1 unspecified atom stereocenters. The van der Waals surface area contributed by atoms with Crippen LogP contribution in [-0.4, -0.2) is 20.1 Å². The molecular weight excluding hydrogens is 358 g/mol. The Morgan fingerprint density at radius 2 is 2.00 bits per heavy atom. The largest absolute Gasteiger partial charge is 0.355 e. The van der Waals surface area contributed by atoms with Gasteiger partial charge in [0.15, 0.2) is 5.82 Å². The Labute approximate surface area is 161 Å². The molecule has 0 saturated heterocycles. The zero-order chi connectivity index (χ0) is 18.6. The van der Waals surface area contributed by atoms with Crippen LogP contribution in [0.2, 0.25) is 0 Å². The number of aromatic nitrogens is 4. The topological polar surface area (TPSA) is 76.7 Å². The highest BCUT2D eigenvalue weighted by Crippen LogP contribution is 2.32. The highest BCUT2D eigenvalue weighted by atomic mass is 32.1. The number of anilines is 1. The Morgan fingerprint density at radius 3 is 2.78 bits per heavy atom. The minimum atomic E-state index is -0.247. The van der Waals surface area contributed by atoms with Crippen molar-refractivity contribution in [1.82, 2.24) is 20.1 Å². The SMILES string of the molecule is CCCc1nc(C(Nc2ncnc3sc(CC)cc23)c2ccccc2)no1. The summed E-state index contributed by atoms with van der Waals surface area (Å²) in [4.78, 5) is 15.8. The third-order valence-corrected chi connectivity index (χ3v) is 5.54. The number of benzene rings is 1. The van der Waals surface area contributed by atoms with E-state index >= 15 is 0 Å². The third kappa shape index (κ3) is 3.68. The fourth-order valence-electron chi connectivity index (χ4n) is 2.97. The maximum atomic E-state index is 5.42. The molecule has 0 radical (unpaired) electrons. The van der Waals surface area contributed by atoms with E-state index in [-0.39, 0.29) is 6.04 Å². The summed E-state index contributed by atoms with van der Waals surface area (Å²) in [5.74, 6) is 2.06. The summed E-state index contributed by atoms with van der Waals surface area (Å²) >= 11 is 1.70. The van der Waals surface area contributed by atoms with E-state index < -0.39 is 0 Å². The smallest absolute Gasteiger partial charge is 0.226 e. The minimum absolute atomic E-state index is 0.247. The van der Waals surface area contributed by atoms with Crippen molar-refractivity contribution in [2.75, 3.05) is 5.32 Å². The first kappa shape index (κ1) is 17.6. The quantitative estimate of drug-likeness (QED) is 0.497. The van der Waals surface area contributed by atoms with Gasteiger partial charge in [-0.25, -0.2) is 9.97 Å². The van der Waals surface area contributed by atoms with Crippen LogP contribution in [0.4, 0.5) is 5.82 Å². The van der Waals surface area contributed by atoms with E-state index in [1.165, 1.54) is 4.88 Å². The summed E-state index contributed by atoms with van der Waals surface area (Å²) in [7, 11) is 0. The minimum Gasteiger partial charge on any atom is -0.355 e. The summed E-state index contributed by atoms with van der Waals surface area (Å²) in [6.07, 6.45) is 4.32. The molecule has 1 atom stereocenters. The van der Waals surface area contributed by atoms with E-state index in [1.807, 2.05) is 18.2 Å². The molecule has 4 rings (SSSR count). The van der Waals surface area contributed by atoms with Crippen LogP contribution in [0.5, 0.6) is 0 Å². The van der Waals surface area contributed by atoms with E-state index in [0.29, 0.717) is 11.7 Å². The number of aryl methyl sites for hydroxylation is 2. The van der Waals surface area contributed by atoms with Gasteiger partial charge in [0.1, 0.15) is 23.0 Å². The molecule has 4 aromatic rings. The van der Waals surface area contributed by atoms with Crippen molar-refractivity contribution in [2.45, 2.75) is 39.2 Å². The van der Waals surface area contributed by atoms with Gasteiger partial charge in [0.2, 0.25) is 5.89 Å². The number of rotatable bonds is 7. The predicted molar refractivity (Wildman–Crippen MR) is 107 cm³/mol. The third-order valence-electron chi connectivity index (χ3n) is 4.35. The Bertz CT molecular complexity index is 1030. The molecule has 1 aromatic carbocycles. The first-order chi connectivity index (χ1) is 13.3. The van der Waals surface area contributed by atoms with Gasteiger partial charge in [0, 0.05) is 11.3 Å². The Balaban J connectivity index is 1.74. The Kier molecular flexibility index (Phi) is 5.11. The van der Waals surface area contributed by atoms with Gasteiger partial charge in [-0.3, -0.25) is 0 Å². The number of hydrogen-bond acceptors (Lipinski definition) is 7. The maximum Gasteiger partial charge on any atom is 0.226 e. The van der Waals surface area contributed by atoms with Gasteiger partial charge in [-0.2, -0.15) is 4.98 Å². The number of nitrogens with one attached hydrogen (secondary N) is 1. The van der Waals surface area contributed by atoms with Gasteiger partial charge in [-0.1, -0.05) is 49.3 Å². The molecule has 138 valence electrons. The van der Waals surface area contributed by atoms with E-state index in [2.05, 4.69) is 57.5 Å². The number of hydrogen-bond donors (Lipinski definition) is 1. The van der Waals surface area contributed by atoms with Gasteiger partial charge >= 0.3 is 0 Å². The summed E-state index contributed by atoms with van der Waals surface area (Å²) in [6, 6.07) is 12.0. The predicted octanol–water partition coefficient (Wildman–Crippen LogP) is 4.79. The first-order valence-corrected chi connectivity index (χ1v) is 9.97. The van der Waals surface area contributed by atoms with E-state index in [9.17, 15) is 0 Å². The van der Waals surface area contributed by atoms with E-state index in [1.54, 1.807) is 17.7 Å². The molecular formula is C20H21N5OS. The second-order valence-electron chi connectivity index (χ2n) is 6.29. The van der Waals surface area contributed by atoms with Crippen LogP contribution in [0.15, 0.2) is 47.2 Å². The summed E-state index contributed by atoms with van der Waals surface area (Å²) in [5, 5.41) is 8.76. The second-order valence-corrected chi connectivity index (χ2v) is 7.41. The van der Waals surface area contributed by atoms with Crippen LogP contribution < -0.4 is 5.32 Å². The van der Waals surface area contributed by atoms with Gasteiger partial charge in [0.25, 0.3) is 0 Å². The van der Waals surface area contributed by atoms with Crippen LogP contribution in [0.1, 0.15) is 48.5 Å². The Morgan fingerprint density at radius 1 is 1.15 bits per heavy atom. The standard InChI is InChI=1S/C20H21N5OS/c1-3-8-16-23-19(25-26-16)17(13-9-6-5-7-10-13)24-18-15-11-14(4-2)27-20(15)22-12-21-18/h5-7,9-12,17H,3-4,8H2,1-2H3,(H,21,22,24). The van der Waals surface area contributed by atoms with Crippen LogP contribution in [0.3, 0.4) is 0 Å². The van der Waals surface area contributed by atoms with Crippen molar-refractivity contribution in [3.63, 3.8) is 0 Å². The van der Waals surface area contributed by atoms with Crippen molar-refractivity contribution in [1.29, 1.82) is 0 Å².